The molecule has 2 N–H and O–H groups in total. The molecule has 4 rings (SSSR count). The Kier molecular flexibility index (Phi) is 5.25. The van der Waals surface area contributed by atoms with Crippen LogP contribution in [0.4, 0.5) is 0 Å². The summed E-state index contributed by atoms with van der Waals surface area (Å²) in [5.74, 6) is -0.113. The molecule has 31 heavy (non-hydrogen) atoms. The summed E-state index contributed by atoms with van der Waals surface area (Å²) in [6, 6.07) is 9.07. The first-order valence-corrected chi connectivity index (χ1v) is 11.1. The average Bonchev–Trinajstić information content (AvgIpc) is 2.72. The number of benzene rings is 1. The van der Waals surface area contributed by atoms with Gasteiger partial charge in [0.2, 0.25) is 0 Å². The molecule has 3 atom stereocenters. The van der Waals surface area contributed by atoms with Gasteiger partial charge in [0.15, 0.2) is 0 Å². The lowest BCUT2D eigenvalue weighted by atomic mass is 9.53. The quantitative estimate of drug-likeness (QED) is 0.618. The second-order valence-corrected chi connectivity index (χ2v) is 10.0. The van der Waals surface area contributed by atoms with E-state index in [0.29, 0.717) is 12.0 Å². The first kappa shape index (κ1) is 21.6. The highest BCUT2D eigenvalue weighted by atomic mass is 16.5. The van der Waals surface area contributed by atoms with E-state index in [-0.39, 0.29) is 23.8 Å². The molecule has 0 aliphatic heterocycles. The van der Waals surface area contributed by atoms with E-state index in [1.54, 1.807) is 12.1 Å². The minimum absolute atomic E-state index is 0.0566. The van der Waals surface area contributed by atoms with Crippen molar-refractivity contribution in [2.45, 2.75) is 59.7 Å². The number of fused-ring (bicyclic) bond motifs is 3. The van der Waals surface area contributed by atoms with Gasteiger partial charge in [-0.05, 0) is 42.0 Å². The summed E-state index contributed by atoms with van der Waals surface area (Å²) in [5.41, 5.74) is 3.44. The number of aliphatic hydroxyl groups is 2. The number of carbonyl (C=O) groups is 1. The Morgan fingerprint density at radius 3 is 2.45 bits per heavy atom. The zero-order valence-corrected chi connectivity index (χ0v) is 19.0. The van der Waals surface area contributed by atoms with E-state index in [1.165, 1.54) is 0 Å². The van der Waals surface area contributed by atoms with Crippen LogP contribution in [-0.2, 0) is 4.74 Å². The molecule has 1 saturated carbocycles. The molecule has 1 aromatic rings. The summed E-state index contributed by atoms with van der Waals surface area (Å²) >= 11 is 0. The predicted octanol–water partition coefficient (Wildman–Crippen LogP) is 5.67. The van der Waals surface area contributed by atoms with Gasteiger partial charge in [-0.1, -0.05) is 76.6 Å². The Balaban J connectivity index is 1.71. The Labute approximate surface area is 184 Å². The van der Waals surface area contributed by atoms with Gasteiger partial charge in [0.05, 0.1) is 5.56 Å². The molecule has 164 valence electrons. The Morgan fingerprint density at radius 2 is 1.81 bits per heavy atom. The lowest BCUT2D eigenvalue weighted by molar-refractivity contribution is -0.0214. The summed E-state index contributed by atoms with van der Waals surface area (Å²) in [6.45, 7) is 10.4. The van der Waals surface area contributed by atoms with Gasteiger partial charge in [-0.15, -0.1) is 0 Å². The maximum atomic E-state index is 12.7. The van der Waals surface area contributed by atoms with E-state index in [0.717, 1.165) is 28.7 Å². The molecule has 0 saturated heterocycles. The van der Waals surface area contributed by atoms with Crippen molar-refractivity contribution in [3.8, 4) is 0 Å². The molecule has 3 unspecified atom stereocenters. The minimum Gasteiger partial charge on any atom is -0.509 e. The lowest BCUT2D eigenvalue weighted by Crippen LogP contribution is -2.48. The van der Waals surface area contributed by atoms with E-state index in [2.05, 4.69) is 26.8 Å². The van der Waals surface area contributed by atoms with E-state index < -0.39 is 16.9 Å². The number of carbonyl (C=O) groups excluding carboxylic acids is 1. The molecule has 0 radical (unpaired) electrons. The van der Waals surface area contributed by atoms with E-state index in [1.807, 2.05) is 44.2 Å². The number of rotatable bonds is 3. The molecule has 1 fully saturated rings. The summed E-state index contributed by atoms with van der Waals surface area (Å²) in [4.78, 5) is 12.7. The summed E-state index contributed by atoms with van der Waals surface area (Å²) in [5, 5.41) is 21.8. The van der Waals surface area contributed by atoms with Gasteiger partial charge in [0.25, 0.3) is 0 Å². The van der Waals surface area contributed by atoms with Gasteiger partial charge in [-0.3, -0.25) is 0 Å². The highest BCUT2D eigenvalue weighted by Crippen LogP contribution is 2.59. The molecule has 4 nitrogen and oxygen atoms in total. The van der Waals surface area contributed by atoms with Crippen molar-refractivity contribution in [1.29, 1.82) is 0 Å². The number of esters is 1. The maximum Gasteiger partial charge on any atom is 0.338 e. The third-order valence-corrected chi connectivity index (χ3v) is 7.35. The highest BCUT2D eigenvalue weighted by Gasteiger charge is 2.53. The fourth-order valence-electron chi connectivity index (χ4n) is 5.60. The number of aliphatic hydroxyl groups excluding tert-OH is 2. The van der Waals surface area contributed by atoms with Crippen LogP contribution >= 0.6 is 0 Å². The maximum absolute atomic E-state index is 12.7. The van der Waals surface area contributed by atoms with Crippen LogP contribution in [0, 0.1) is 16.7 Å². The van der Waals surface area contributed by atoms with E-state index >= 15 is 0 Å². The van der Waals surface area contributed by atoms with Crippen LogP contribution in [0.5, 0.6) is 0 Å². The van der Waals surface area contributed by atoms with Gasteiger partial charge in [-0.25, -0.2) is 4.79 Å². The third-order valence-electron chi connectivity index (χ3n) is 7.35. The topological polar surface area (TPSA) is 66.8 Å². The second kappa shape index (κ2) is 7.52. The van der Waals surface area contributed by atoms with E-state index in [9.17, 15) is 15.0 Å². The van der Waals surface area contributed by atoms with Gasteiger partial charge in [0, 0.05) is 16.4 Å². The van der Waals surface area contributed by atoms with E-state index in [4.69, 9.17) is 4.74 Å². The van der Waals surface area contributed by atoms with Crippen molar-refractivity contribution in [2.24, 2.45) is 16.7 Å². The molecule has 0 aromatic heterocycles. The SMILES string of the molecule is CC(C)C1=CC2=CC=C3C(C)(CCC(OC(=O)c4ccccc4)C3(C)C)C2=C(O)C1O. The summed E-state index contributed by atoms with van der Waals surface area (Å²) in [7, 11) is 0. The molecule has 0 heterocycles. The Morgan fingerprint density at radius 1 is 1.13 bits per heavy atom. The van der Waals surface area contributed by atoms with Gasteiger partial charge in [-0.2, -0.15) is 0 Å². The number of hydrogen-bond donors (Lipinski definition) is 2. The number of ether oxygens (including phenoxy) is 1. The fourth-order valence-corrected chi connectivity index (χ4v) is 5.60. The van der Waals surface area contributed by atoms with Crippen molar-refractivity contribution in [3.63, 3.8) is 0 Å². The average molecular weight is 421 g/mol. The molecular weight excluding hydrogens is 388 g/mol. The van der Waals surface area contributed by atoms with Gasteiger partial charge >= 0.3 is 5.97 Å². The molecule has 4 heteroatoms. The number of allylic oxidation sites excluding steroid dienone is 5. The van der Waals surface area contributed by atoms with Crippen molar-refractivity contribution in [2.75, 3.05) is 0 Å². The summed E-state index contributed by atoms with van der Waals surface area (Å²) in [6.07, 6.45) is 6.34. The molecule has 1 aromatic carbocycles. The Hall–Kier alpha value is -2.59. The van der Waals surface area contributed by atoms with Crippen LogP contribution in [0.2, 0.25) is 0 Å². The zero-order valence-electron chi connectivity index (χ0n) is 19.0. The normalized spacial score (nSPS) is 29.5. The number of hydrogen-bond acceptors (Lipinski definition) is 4. The largest absolute Gasteiger partial charge is 0.509 e. The second-order valence-electron chi connectivity index (χ2n) is 10.0. The van der Waals surface area contributed by atoms with Crippen molar-refractivity contribution < 1.29 is 19.7 Å². The molecule has 3 aliphatic rings. The van der Waals surface area contributed by atoms with Crippen LogP contribution in [0.15, 0.2) is 76.6 Å². The third kappa shape index (κ3) is 3.38. The molecule has 0 bridgehead atoms. The molecule has 3 aliphatic carbocycles. The standard InChI is InChI=1S/C27H32O4/c1-16(2)19-15-18-11-12-20-26(3,4)21(31-25(30)17-9-7-6-8-10-17)13-14-27(20,5)22(18)24(29)23(19)28/h6-12,15-16,21,23,28-29H,13-14H2,1-5H3. The molecule has 0 amide bonds. The highest BCUT2D eigenvalue weighted by molar-refractivity contribution is 5.89. The molecule has 0 spiro atoms. The van der Waals surface area contributed by atoms with Crippen LogP contribution in [-0.4, -0.2) is 28.4 Å². The van der Waals surface area contributed by atoms with Gasteiger partial charge in [0.1, 0.15) is 18.0 Å². The smallest absolute Gasteiger partial charge is 0.338 e. The fraction of sp³-hybridized carbons (Fsp3) is 0.444. The monoisotopic (exact) mass is 420 g/mol. The van der Waals surface area contributed by atoms with Crippen LogP contribution < -0.4 is 0 Å². The zero-order chi connectivity index (χ0) is 22.6. The van der Waals surface area contributed by atoms with Crippen molar-refractivity contribution in [3.05, 3.63) is 82.2 Å². The van der Waals surface area contributed by atoms with Crippen LogP contribution in [0.25, 0.3) is 0 Å². The minimum atomic E-state index is -0.972. The van der Waals surface area contributed by atoms with Crippen molar-refractivity contribution in [1.82, 2.24) is 0 Å². The summed E-state index contributed by atoms with van der Waals surface area (Å²) < 4.78 is 5.98. The van der Waals surface area contributed by atoms with Crippen molar-refractivity contribution >= 4 is 5.97 Å². The predicted molar refractivity (Wildman–Crippen MR) is 122 cm³/mol. The van der Waals surface area contributed by atoms with Crippen LogP contribution in [0.3, 0.4) is 0 Å². The lowest BCUT2D eigenvalue weighted by Gasteiger charge is -2.53. The Bertz CT molecular complexity index is 1020. The van der Waals surface area contributed by atoms with Crippen LogP contribution in [0.1, 0.15) is 57.8 Å². The van der Waals surface area contributed by atoms with Gasteiger partial charge < -0.3 is 14.9 Å². The first-order valence-electron chi connectivity index (χ1n) is 11.1. The first-order chi connectivity index (χ1) is 14.6. The molecular formula is C27H32O4.